The van der Waals surface area contributed by atoms with E-state index in [-0.39, 0.29) is 11.8 Å². The molecule has 2 fully saturated rings. The summed E-state index contributed by atoms with van der Waals surface area (Å²) in [6.07, 6.45) is 10.0. The summed E-state index contributed by atoms with van der Waals surface area (Å²) < 4.78 is 11.0. The van der Waals surface area contributed by atoms with E-state index in [1.54, 1.807) is 99.9 Å². The molecule has 10 rings (SSSR count). The third kappa shape index (κ3) is 12.5. The lowest BCUT2D eigenvalue weighted by molar-refractivity contribution is 0.102. The number of aromatic nitrogens is 6. The van der Waals surface area contributed by atoms with E-state index in [1.165, 1.54) is 0 Å². The van der Waals surface area contributed by atoms with Gasteiger partial charge in [0.2, 0.25) is 0 Å². The third-order valence-electron chi connectivity index (χ3n) is 14.1. The van der Waals surface area contributed by atoms with E-state index in [0.717, 1.165) is 88.0 Å². The molecule has 0 bridgehead atoms. The number of nitrogens with zero attached hydrogens (tertiary/aromatic N) is 10. The summed E-state index contributed by atoms with van der Waals surface area (Å²) >= 11 is 27.1. The summed E-state index contributed by atoms with van der Waals surface area (Å²) in [4.78, 5) is 64.1. The molecule has 78 heavy (non-hydrogen) atoms. The highest BCUT2D eigenvalue weighted by molar-refractivity contribution is 6.42. The highest BCUT2D eigenvalue weighted by atomic mass is 35.5. The van der Waals surface area contributed by atoms with Crippen molar-refractivity contribution in [3.63, 3.8) is 0 Å². The van der Waals surface area contributed by atoms with Crippen molar-refractivity contribution >= 4 is 91.7 Å². The first-order valence-corrected chi connectivity index (χ1v) is 27.2. The number of rotatable bonds is 14. The molecule has 6 heterocycles. The molecule has 0 aliphatic carbocycles. The minimum absolute atomic E-state index is 0.304. The number of hydrogen-bond donors (Lipinski definition) is 2. The van der Waals surface area contributed by atoms with Crippen molar-refractivity contribution in [3.8, 4) is 33.8 Å². The van der Waals surface area contributed by atoms with Crippen molar-refractivity contribution in [2.24, 2.45) is 0 Å². The van der Waals surface area contributed by atoms with Gasteiger partial charge in [0.15, 0.2) is 0 Å². The van der Waals surface area contributed by atoms with Crippen molar-refractivity contribution in [1.82, 2.24) is 49.5 Å². The standard InChI is InChI=1S/2C29H30Cl2N6O2/c1-4-36-10-12-37(13-11-36)17-20-16-33-27-22(29(38)35-19-6-5-9-32-15-19)8-7-21(28(27)34-20)24-25(30)18(2)14-23(39-3)26(24)31;1-4-36-10-12-37(13-11-36)17-20-16-33-27-21(24-25(30)18(2)14-23(39-3)26(24)31)7-8-22(28(27)34-20)29(38)35-19-6-5-9-32-15-19/h2*5-9,14-16H,4,10-13,17H2,1-3H3,(H,35,38). The molecule has 4 aromatic carbocycles. The topological polar surface area (TPSA) is 167 Å². The molecule has 2 aliphatic rings. The van der Waals surface area contributed by atoms with Gasteiger partial charge < -0.3 is 29.9 Å². The van der Waals surface area contributed by atoms with Gasteiger partial charge in [0.1, 0.15) is 22.5 Å². The van der Waals surface area contributed by atoms with Crippen LogP contribution in [-0.4, -0.2) is 141 Å². The average molecular weight is 1130 g/mol. The molecular formula is C58H60Cl4N12O4. The number of halogens is 4. The summed E-state index contributed by atoms with van der Waals surface area (Å²) in [5, 5.41) is 7.56. The number of ether oxygens (including phenoxy) is 2. The SMILES string of the molecule is CCN1CCN(Cc2cnc3c(-c4c(Cl)c(C)cc(OC)c4Cl)ccc(C(=O)Nc4cccnc4)c3n2)CC1.CCN1CCN(Cc2cnc3c(C(=O)Nc4cccnc4)ccc(-c4c(Cl)c(C)cc(OC)c4Cl)c3n2)CC1. The van der Waals surface area contributed by atoms with Crippen LogP contribution < -0.4 is 20.1 Å². The maximum Gasteiger partial charge on any atom is 0.257 e. The van der Waals surface area contributed by atoms with Crippen LogP contribution in [0, 0.1) is 13.8 Å². The van der Waals surface area contributed by atoms with E-state index in [0.29, 0.717) is 112 Å². The fourth-order valence-electron chi connectivity index (χ4n) is 9.70. The van der Waals surface area contributed by atoms with Crippen molar-refractivity contribution in [1.29, 1.82) is 0 Å². The van der Waals surface area contributed by atoms with E-state index in [9.17, 15) is 9.59 Å². The normalized spacial score (nSPS) is 14.5. The Kier molecular flexibility index (Phi) is 18.3. The predicted molar refractivity (Wildman–Crippen MR) is 312 cm³/mol. The Morgan fingerprint density at radius 1 is 0.526 bits per heavy atom. The minimum atomic E-state index is -0.309. The maximum atomic E-state index is 13.4. The predicted octanol–water partition coefficient (Wildman–Crippen LogP) is 11.4. The fourth-order valence-corrected chi connectivity index (χ4v) is 11.0. The number of anilines is 2. The van der Waals surface area contributed by atoms with Crippen molar-refractivity contribution < 1.29 is 19.1 Å². The van der Waals surface area contributed by atoms with Gasteiger partial charge in [-0.05, 0) is 86.6 Å². The number of aryl methyl sites for hydroxylation is 2. The second-order valence-corrected chi connectivity index (χ2v) is 20.6. The van der Waals surface area contributed by atoms with Crippen LogP contribution in [0.3, 0.4) is 0 Å². The Balaban J connectivity index is 0.000000190. The van der Waals surface area contributed by atoms with Crippen LogP contribution in [0.5, 0.6) is 11.5 Å². The number of amides is 2. The number of likely N-dealkylation sites (N-methyl/N-ethyl adjacent to an activating group) is 2. The summed E-state index contributed by atoms with van der Waals surface area (Å²) in [5.74, 6) is 0.409. The monoisotopic (exact) mass is 1130 g/mol. The number of hydrogen-bond acceptors (Lipinski definition) is 14. The molecule has 0 unspecified atom stereocenters. The van der Waals surface area contributed by atoms with E-state index in [2.05, 4.69) is 54.0 Å². The zero-order valence-electron chi connectivity index (χ0n) is 44.3. The summed E-state index contributed by atoms with van der Waals surface area (Å²) in [5.41, 5.74) is 9.77. The highest BCUT2D eigenvalue weighted by Crippen LogP contribution is 2.46. The van der Waals surface area contributed by atoms with Crippen LogP contribution in [0.25, 0.3) is 44.3 Å². The van der Waals surface area contributed by atoms with Crippen LogP contribution in [-0.2, 0) is 13.1 Å². The molecular weight excluding hydrogens is 1070 g/mol. The molecule has 0 saturated carbocycles. The van der Waals surface area contributed by atoms with Gasteiger partial charge in [0.25, 0.3) is 11.8 Å². The molecule has 4 aromatic heterocycles. The van der Waals surface area contributed by atoms with E-state index >= 15 is 0 Å². The Hall–Kier alpha value is -6.60. The smallest absolute Gasteiger partial charge is 0.257 e. The van der Waals surface area contributed by atoms with Crippen LogP contribution >= 0.6 is 46.4 Å². The van der Waals surface area contributed by atoms with Crippen LogP contribution in [0.15, 0.2) is 97.8 Å². The fraction of sp³-hybridized carbons (Fsp3) is 0.310. The molecule has 2 amide bonds. The van der Waals surface area contributed by atoms with Gasteiger partial charge in [-0.15, -0.1) is 0 Å². The van der Waals surface area contributed by atoms with Crippen molar-refractivity contribution in [3.05, 3.63) is 152 Å². The molecule has 16 nitrogen and oxygen atoms in total. The summed E-state index contributed by atoms with van der Waals surface area (Å²) in [7, 11) is 3.13. The molecule has 404 valence electrons. The van der Waals surface area contributed by atoms with Crippen LogP contribution in [0.1, 0.15) is 57.1 Å². The van der Waals surface area contributed by atoms with Crippen LogP contribution in [0.2, 0.25) is 20.1 Å². The Bertz CT molecular complexity index is 3470. The van der Waals surface area contributed by atoms with Crippen molar-refractivity contribution in [2.75, 3.05) is 90.3 Å². The molecule has 0 spiro atoms. The Morgan fingerprint density at radius 2 is 0.936 bits per heavy atom. The van der Waals surface area contributed by atoms with Gasteiger partial charge in [-0.2, -0.15) is 0 Å². The summed E-state index contributed by atoms with van der Waals surface area (Å²) in [6, 6.07) is 17.8. The number of methoxy groups -OCH3 is 2. The van der Waals surface area contributed by atoms with Gasteiger partial charge in [-0.1, -0.05) is 72.4 Å². The van der Waals surface area contributed by atoms with Gasteiger partial charge >= 0.3 is 0 Å². The lowest BCUT2D eigenvalue weighted by atomic mass is 9.98. The lowest BCUT2D eigenvalue weighted by Crippen LogP contribution is -2.45. The van der Waals surface area contributed by atoms with Gasteiger partial charge in [-0.3, -0.25) is 39.3 Å². The molecule has 20 heteroatoms. The first-order chi connectivity index (χ1) is 37.8. The lowest BCUT2D eigenvalue weighted by Gasteiger charge is -2.33. The van der Waals surface area contributed by atoms with Crippen molar-refractivity contribution in [2.45, 2.75) is 40.8 Å². The van der Waals surface area contributed by atoms with Gasteiger partial charge in [0.05, 0.1) is 104 Å². The van der Waals surface area contributed by atoms with E-state index in [1.807, 2.05) is 26.0 Å². The molecule has 2 N–H and O–H groups in total. The number of benzene rings is 4. The molecule has 2 saturated heterocycles. The van der Waals surface area contributed by atoms with Gasteiger partial charge in [0, 0.05) is 100 Å². The Labute approximate surface area is 474 Å². The first-order valence-electron chi connectivity index (χ1n) is 25.7. The summed E-state index contributed by atoms with van der Waals surface area (Å²) in [6.45, 7) is 19.5. The van der Waals surface area contributed by atoms with Gasteiger partial charge in [-0.25, -0.2) is 9.97 Å². The number of pyridine rings is 2. The maximum absolute atomic E-state index is 13.4. The number of nitrogens with one attached hydrogen (secondary N) is 2. The first kappa shape index (κ1) is 56.1. The quantitative estimate of drug-likeness (QED) is 0.106. The van der Waals surface area contributed by atoms with Crippen LogP contribution in [0.4, 0.5) is 11.4 Å². The van der Waals surface area contributed by atoms with E-state index < -0.39 is 0 Å². The average Bonchev–Trinajstić information content (AvgIpc) is 3.66. The Morgan fingerprint density at radius 3 is 1.36 bits per heavy atom. The molecule has 0 atom stereocenters. The zero-order chi connectivity index (χ0) is 55.0. The largest absolute Gasteiger partial charge is 0.495 e. The molecule has 0 radical (unpaired) electrons. The number of piperazine rings is 2. The third-order valence-corrected chi connectivity index (χ3v) is 15.8. The number of fused-ring (bicyclic) bond motifs is 2. The zero-order valence-corrected chi connectivity index (χ0v) is 47.4. The second-order valence-electron chi connectivity index (χ2n) is 19.0. The number of carbonyl (C=O) groups excluding carboxylic acids is 2. The highest BCUT2D eigenvalue weighted by Gasteiger charge is 2.26. The number of carbonyl (C=O) groups is 2. The second kappa shape index (κ2) is 25.5. The minimum Gasteiger partial charge on any atom is -0.495 e. The van der Waals surface area contributed by atoms with E-state index in [4.69, 9.17) is 75.8 Å². The molecule has 8 aromatic rings. The molecule has 2 aliphatic heterocycles.